The van der Waals surface area contributed by atoms with Crippen molar-refractivity contribution >= 4 is 17.4 Å². The van der Waals surface area contributed by atoms with Crippen molar-refractivity contribution in [3.63, 3.8) is 0 Å². The van der Waals surface area contributed by atoms with Gasteiger partial charge < -0.3 is 10.4 Å². The van der Waals surface area contributed by atoms with Crippen LogP contribution in [0.1, 0.15) is 30.9 Å². The van der Waals surface area contributed by atoms with Crippen molar-refractivity contribution in [1.29, 1.82) is 0 Å². The van der Waals surface area contributed by atoms with Crippen LogP contribution in [-0.4, -0.2) is 35.1 Å². The summed E-state index contributed by atoms with van der Waals surface area (Å²) in [7, 11) is 0. The largest absolute Gasteiger partial charge is 0.387 e. The number of nitro benzene ring substituents is 1. The van der Waals surface area contributed by atoms with E-state index in [0.717, 1.165) is 13.0 Å². The minimum atomic E-state index is -0.623. The Hall–Kier alpha value is -1.11. The van der Waals surface area contributed by atoms with E-state index in [-0.39, 0.29) is 5.69 Å². The van der Waals surface area contributed by atoms with Crippen molar-refractivity contribution in [3.05, 3.63) is 39.9 Å². The summed E-state index contributed by atoms with van der Waals surface area (Å²) in [5.41, 5.74) is 0.744. The van der Waals surface area contributed by atoms with E-state index in [1.165, 1.54) is 30.7 Å². The Balaban J connectivity index is 2.22. The number of hydrogen-bond acceptors (Lipinski definition) is 5. The summed E-state index contributed by atoms with van der Waals surface area (Å²) in [5.74, 6) is 1.20. The Morgan fingerprint density at radius 1 is 1.30 bits per heavy atom. The molecule has 0 bridgehead atoms. The predicted octanol–water partition coefficient (Wildman–Crippen LogP) is 2.75. The van der Waals surface area contributed by atoms with Gasteiger partial charge in [-0.25, -0.2) is 0 Å². The first-order valence-electron chi connectivity index (χ1n) is 6.77. The predicted molar refractivity (Wildman–Crippen MR) is 83.2 cm³/mol. The van der Waals surface area contributed by atoms with Crippen molar-refractivity contribution in [3.8, 4) is 0 Å². The molecule has 0 saturated carbocycles. The van der Waals surface area contributed by atoms with Crippen molar-refractivity contribution in [2.45, 2.75) is 25.4 Å². The molecule has 112 valence electrons. The van der Waals surface area contributed by atoms with Crippen LogP contribution < -0.4 is 5.32 Å². The second-order valence-electron chi connectivity index (χ2n) is 4.62. The molecule has 1 rings (SSSR count). The van der Waals surface area contributed by atoms with E-state index >= 15 is 0 Å². The summed E-state index contributed by atoms with van der Waals surface area (Å²) in [5, 5.41) is 23.7. The molecule has 0 heterocycles. The Bertz CT molecular complexity index is 398. The number of nitro groups is 1. The van der Waals surface area contributed by atoms with Gasteiger partial charge in [0.05, 0.1) is 11.0 Å². The van der Waals surface area contributed by atoms with E-state index in [4.69, 9.17) is 0 Å². The fourth-order valence-electron chi connectivity index (χ4n) is 1.85. The number of benzene rings is 1. The summed E-state index contributed by atoms with van der Waals surface area (Å²) in [6, 6.07) is 6.04. The molecular formula is C14H22N2O3S. The molecule has 0 spiro atoms. The molecule has 5 nitrogen and oxygen atoms in total. The van der Waals surface area contributed by atoms with Crippen LogP contribution in [0.5, 0.6) is 0 Å². The van der Waals surface area contributed by atoms with Gasteiger partial charge in [-0.15, -0.1) is 0 Å². The van der Waals surface area contributed by atoms with Crippen LogP contribution in [0.2, 0.25) is 0 Å². The van der Waals surface area contributed by atoms with Crippen molar-refractivity contribution in [2.24, 2.45) is 0 Å². The Kier molecular flexibility index (Phi) is 8.25. The lowest BCUT2D eigenvalue weighted by Crippen LogP contribution is -2.22. The number of hydrogen-bond donors (Lipinski definition) is 2. The van der Waals surface area contributed by atoms with Crippen LogP contribution >= 0.6 is 11.8 Å². The zero-order valence-electron chi connectivity index (χ0n) is 11.7. The van der Waals surface area contributed by atoms with Crippen molar-refractivity contribution in [2.75, 3.05) is 25.1 Å². The Labute approximate surface area is 123 Å². The van der Waals surface area contributed by atoms with E-state index in [9.17, 15) is 15.2 Å². The number of rotatable bonds is 10. The lowest BCUT2D eigenvalue weighted by atomic mass is 10.1. The Morgan fingerprint density at radius 3 is 2.60 bits per heavy atom. The first-order chi connectivity index (χ1) is 9.65. The molecule has 0 fully saturated rings. The van der Waals surface area contributed by atoms with E-state index in [2.05, 4.69) is 11.6 Å². The SMILES string of the molecule is CSCCCCCNCC(O)c1ccc([N+](=O)[O-])cc1. The molecule has 20 heavy (non-hydrogen) atoms. The molecule has 1 atom stereocenters. The minimum Gasteiger partial charge on any atom is -0.387 e. The molecular weight excluding hydrogens is 276 g/mol. The third-order valence-corrected chi connectivity index (χ3v) is 3.73. The van der Waals surface area contributed by atoms with Gasteiger partial charge in [0.1, 0.15) is 0 Å². The number of aliphatic hydroxyl groups excluding tert-OH is 1. The fraction of sp³-hybridized carbons (Fsp3) is 0.571. The van der Waals surface area contributed by atoms with Crippen molar-refractivity contribution < 1.29 is 10.0 Å². The quantitative estimate of drug-likeness (QED) is 0.394. The van der Waals surface area contributed by atoms with Crippen molar-refractivity contribution in [1.82, 2.24) is 5.32 Å². The van der Waals surface area contributed by atoms with Gasteiger partial charge in [-0.1, -0.05) is 6.42 Å². The van der Waals surface area contributed by atoms with Crippen LogP contribution in [0.4, 0.5) is 5.69 Å². The first-order valence-corrected chi connectivity index (χ1v) is 8.16. The number of aliphatic hydroxyl groups is 1. The zero-order valence-corrected chi connectivity index (χ0v) is 12.6. The Morgan fingerprint density at radius 2 is 2.00 bits per heavy atom. The van der Waals surface area contributed by atoms with Crippen LogP contribution in [-0.2, 0) is 0 Å². The monoisotopic (exact) mass is 298 g/mol. The molecule has 1 aromatic rings. The highest BCUT2D eigenvalue weighted by molar-refractivity contribution is 7.98. The summed E-state index contributed by atoms with van der Waals surface area (Å²) >= 11 is 1.86. The molecule has 2 N–H and O–H groups in total. The molecule has 0 radical (unpaired) electrons. The lowest BCUT2D eigenvalue weighted by Gasteiger charge is -2.12. The van der Waals surface area contributed by atoms with Crippen LogP contribution in [0.3, 0.4) is 0 Å². The summed E-state index contributed by atoms with van der Waals surface area (Å²) in [6.07, 6.45) is 5.02. The van der Waals surface area contributed by atoms with Gasteiger partial charge in [-0.2, -0.15) is 11.8 Å². The first kappa shape index (κ1) is 16.9. The number of unbranched alkanes of at least 4 members (excludes halogenated alkanes) is 2. The second-order valence-corrected chi connectivity index (χ2v) is 5.61. The van der Waals surface area contributed by atoms with Gasteiger partial charge in [0.25, 0.3) is 5.69 Å². The van der Waals surface area contributed by atoms with E-state index in [1.54, 1.807) is 12.1 Å². The maximum absolute atomic E-state index is 10.5. The second kappa shape index (κ2) is 9.74. The molecule has 1 unspecified atom stereocenters. The average molecular weight is 298 g/mol. The van der Waals surface area contributed by atoms with Crippen LogP contribution in [0, 0.1) is 10.1 Å². The highest BCUT2D eigenvalue weighted by Gasteiger charge is 2.09. The maximum atomic E-state index is 10.5. The van der Waals surface area contributed by atoms with Crippen LogP contribution in [0.25, 0.3) is 0 Å². The van der Waals surface area contributed by atoms with Gasteiger partial charge in [0.15, 0.2) is 0 Å². The molecule has 0 aromatic heterocycles. The fourth-order valence-corrected chi connectivity index (χ4v) is 2.34. The van der Waals surface area contributed by atoms with E-state index in [0.29, 0.717) is 12.1 Å². The van der Waals surface area contributed by atoms with E-state index in [1.807, 2.05) is 11.8 Å². The molecule has 0 aliphatic carbocycles. The highest BCUT2D eigenvalue weighted by Crippen LogP contribution is 2.17. The van der Waals surface area contributed by atoms with Crippen LogP contribution in [0.15, 0.2) is 24.3 Å². The van der Waals surface area contributed by atoms with Gasteiger partial charge in [-0.3, -0.25) is 10.1 Å². The molecule has 0 saturated heterocycles. The summed E-state index contributed by atoms with van der Waals surface area (Å²) in [6.45, 7) is 1.36. The van der Waals surface area contributed by atoms with Gasteiger partial charge >= 0.3 is 0 Å². The topological polar surface area (TPSA) is 75.4 Å². The van der Waals surface area contributed by atoms with Gasteiger partial charge in [0, 0.05) is 18.7 Å². The minimum absolute atomic E-state index is 0.0442. The number of nitrogens with one attached hydrogen (secondary N) is 1. The highest BCUT2D eigenvalue weighted by atomic mass is 32.2. The molecule has 1 aromatic carbocycles. The molecule has 0 aliphatic rings. The smallest absolute Gasteiger partial charge is 0.269 e. The normalized spacial score (nSPS) is 12.3. The number of non-ortho nitro benzene ring substituents is 1. The lowest BCUT2D eigenvalue weighted by molar-refractivity contribution is -0.384. The maximum Gasteiger partial charge on any atom is 0.269 e. The molecule has 6 heteroatoms. The molecule has 0 aliphatic heterocycles. The number of thioether (sulfide) groups is 1. The number of nitrogens with zero attached hydrogens (tertiary/aromatic N) is 1. The zero-order chi connectivity index (χ0) is 14.8. The molecule has 0 amide bonds. The average Bonchev–Trinajstić information content (AvgIpc) is 2.46. The van der Waals surface area contributed by atoms with E-state index < -0.39 is 11.0 Å². The van der Waals surface area contributed by atoms with Gasteiger partial charge in [-0.05, 0) is 49.1 Å². The standard InChI is InChI=1S/C14H22N2O3S/c1-20-10-4-2-3-9-15-11-14(17)12-5-7-13(8-6-12)16(18)19/h5-8,14-15,17H,2-4,9-11H2,1H3. The van der Waals surface area contributed by atoms with Gasteiger partial charge in [0.2, 0.25) is 0 Å². The summed E-state index contributed by atoms with van der Waals surface area (Å²) in [4.78, 5) is 10.1. The third-order valence-electron chi connectivity index (χ3n) is 3.03. The third kappa shape index (κ3) is 6.36. The summed E-state index contributed by atoms with van der Waals surface area (Å²) < 4.78 is 0.